The van der Waals surface area contributed by atoms with Crippen molar-refractivity contribution >= 4 is 11.9 Å². The van der Waals surface area contributed by atoms with E-state index in [-0.39, 0.29) is 23.7 Å². The molecule has 2 aliphatic rings. The summed E-state index contributed by atoms with van der Waals surface area (Å²) in [7, 11) is 2.06. The molecule has 4 rings (SSSR count). The number of likely N-dealkylation sites (tertiary alicyclic amines) is 1. The molecule has 0 aromatic heterocycles. The zero-order chi connectivity index (χ0) is 25.6. The average molecular weight is 493 g/mol. The van der Waals surface area contributed by atoms with E-state index < -0.39 is 11.0 Å². The van der Waals surface area contributed by atoms with Gasteiger partial charge < -0.3 is 20.1 Å². The molecule has 0 radical (unpaired) electrons. The number of hydrogen-bond acceptors (Lipinski definition) is 5. The van der Waals surface area contributed by atoms with Crippen LogP contribution in [0.4, 0.5) is 0 Å². The van der Waals surface area contributed by atoms with E-state index in [1.807, 2.05) is 18.2 Å². The topological polar surface area (TPSA) is 78.9 Å². The Balaban J connectivity index is 1.42. The van der Waals surface area contributed by atoms with Crippen molar-refractivity contribution in [2.75, 3.05) is 20.1 Å². The molecular weight excluding hydrogens is 452 g/mol. The van der Waals surface area contributed by atoms with Gasteiger partial charge in [-0.05, 0) is 81.8 Å². The second-order valence-electron chi connectivity index (χ2n) is 10.8. The molecule has 1 aliphatic carbocycles. The second kappa shape index (κ2) is 11.5. The number of phenolic OH excluding ortho intramolecular Hbond substituents is 1. The highest BCUT2D eigenvalue weighted by Gasteiger charge is 2.60. The number of unbranched alkanes of at least 4 members (excludes halogenated alkanes) is 2. The summed E-state index contributed by atoms with van der Waals surface area (Å²) in [5, 5.41) is 13.6. The lowest BCUT2D eigenvalue weighted by Crippen LogP contribution is -2.68. The fourth-order valence-electron chi connectivity index (χ4n) is 6.46. The summed E-state index contributed by atoms with van der Waals surface area (Å²) in [5.74, 6) is 0.0192. The minimum absolute atomic E-state index is 0.0104. The van der Waals surface area contributed by atoms with E-state index in [0.717, 1.165) is 50.6 Å². The van der Waals surface area contributed by atoms with Gasteiger partial charge in [0.25, 0.3) is 0 Å². The molecule has 0 bridgehead atoms. The molecule has 194 valence electrons. The Hall–Kier alpha value is -2.86. The Labute approximate surface area is 215 Å². The van der Waals surface area contributed by atoms with Crippen LogP contribution in [0, 0.1) is 0 Å². The molecular formula is C30H40N2O4. The third kappa shape index (κ3) is 5.92. The van der Waals surface area contributed by atoms with E-state index >= 15 is 0 Å². The molecule has 6 nitrogen and oxygen atoms in total. The predicted octanol–water partition coefficient (Wildman–Crippen LogP) is 4.74. The van der Waals surface area contributed by atoms with Crippen LogP contribution in [-0.2, 0) is 26.2 Å². The Morgan fingerprint density at radius 1 is 1.08 bits per heavy atom. The van der Waals surface area contributed by atoms with Crippen molar-refractivity contribution < 1.29 is 19.4 Å². The van der Waals surface area contributed by atoms with Gasteiger partial charge in [0.15, 0.2) is 0 Å². The van der Waals surface area contributed by atoms with E-state index in [0.29, 0.717) is 25.8 Å². The van der Waals surface area contributed by atoms with Gasteiger partial charge in [-0.3, -0.25) is 9.59 Å². The number of carbonyl (C=O) groups is 2. The Bertz CT molecular complexity index is 1040. The molecule has 1 saturated carbocycles. The number of phenols is 1. The van der Waals surface area contributed by atoms with Gasteiger partial charge in [0.1, 0.15) is 11.4 Å². The van der Waals surface area contributed by atoms with Crippen LogP contribution in [0.15, 0.2) is 54.6 Å². The first-order valence-electron chi connectivity index (χ1n) is 13.3. The van der Waals surface area contributed by atoms with E-state index in [1.54, 1.807) is 12.1 Å². The number of fused-ring (bicyclic) bond motifs is 1. The summed E-state index contributed by atoms with van der Waals surface area (Å²) in [6, 6.07) is 17.8. The number of rotatable bonds is 9. The van der Waals surface area contributed by atoms with Crippen LogP contribution in [0.5, 0.6) is 5.75 Å². The molecule has 3 atom stereocenters. The number of nitrogens with one attached hydrogen (secondary N) is 1. The van der Waals surface area contributed by atoms with Crippen molar-refractivity contribution in [2.24, 2.45) is 0 Å². The van der Waals surface area contributed by atoms with E-state index in [9.17, 15) is 14.7 Å². The van der Waals surface area contributed by atoms with Gasteiger partial charge in [0.05, 0.1) is 0 Å². The number of aromatic hydroxyl groups is 1. The fraction of sp³-hybridized carbons (Fsp3) is 0.533. The van der Waals surface area contributed by atoms with Crippen LogP contribution in [-0.4, -0.2) is 53.7 Å². The van der Waals surface area contributed by atoms with E-state index in [1.165, 1.54) is 12.5 Å². The quantitative estimate of drug-likeness (QED) is 0.391. The van der Waals surface area contributed by atoms with Gasteiger partial charge in [-0.25, -0.2) is 0 Å². The van der Waals surface area contributed by atoms with Gasteiger partial charge in [0.2, 0.25) is 5.91 Å². The zero-order valence-corrected chi connectivity index (χ0v) is 21.7. The first-order chi connectivity index (χ1) is 17.3. The molecule has 0 spiro atoms. The number of piperidine rings is 1. The van der Waals surface area contributed by atoms with Crippen molar-refractivity contribution in [3.63, 3.8) is 0 Å². The van der Waals surface area contributed by atoms with Gasteiger partial charge in [-0.15, -0.1) is 0 Å². The number of benzene rings is 2. The van der Waals surface area contributed by atoms with Crippen molar-refractivity contribution in [1.29, 1.82) is 0 Å². The number of esters is 1. The zero-order valence-electron chi connectivity index (χ0n) is 21.7. The summed E-state index contributed by atoms with van der Waals surface area (Å²) in [6.07, 6.45) is 7.50. The lowest BCUT2D eigenvalue weighted by atomic mass is 9.55. The Morgan fingerprint density at radius 3 is 2.64 bits per heavy atom. The van der Waals surface area contributed by atoms with Crippen molar-refractivity contribution in [3.8, 4) is 5.75 Å². The first-order valence-corrected chi connectivity index (χ1v) is 13.3. The number of nitrogens with zero attached hydrogens (tertiary/aromatic N) is 1. The monoisotopic (exact) mass is 492 g/mol. The Kier molecular flexibility index (Phi) is 8.35. The molecule has 2 N–H and O–H groups in total. The van der Waals surface area contributed by atoms with Crippen molar-refractivity contribution in [1.82, 2.24) is 10.2 Å². The lowest BCUT2D eigenvalue weighted by Gasteiger charge is -2.59. The van der Waals surface area contributed by atoms with Crippen LogP contribution in [0.3, 0.4) is 0 Å². The van der Waals surface area contributed by atoms with Crippen LogP contribution in [0.2, 0.25) is 0 Å². The first kappa shape index (κ1) is 26.2. The maximum absolute atomic E-state index is 12.9. The molecule has 2 fully saturated rings. The molecule has 1 heterocycles. The SMILES string of the molecule is CC(=O)OC12CCC(NC(=O)CCCCCc3ccccc3)CC1(c1cccc(O)c1)CCN(C)C2. The highest BCUT2D eigenvalue weighted by Crippen LogP contribution is 2.53. The largest absolute Gasteiger partial charge is 0.508 e. The molecule has 2 aromatic carbocycles. The average Bonchev–Trinajstić information content (AvgIpc) is 2.84. The maximum Gasteiger partial charge on any atom is 0.303 e. The second-order valence-corrected chi connectivity index (χ2v) is 10.8. The number of aryl methyl sites for hydroxylation is 1. The molecule has 36 heavy (non-hydrogen) atoms. The van der Waals surface area contributed by atoms with E-state index in [4.69, 9.17) is 4.74 Å². The molecule has 3 unspecified atom stereocenters. The third-order valence-corrected chi connectivity index (χ3v) is 8.12. The van der Waals surface area contributed by atoms with Gasteiger partial charge in [-0.2, -0.15) is 0 Å². The number of amides is 1. The third-order valence-electron chi connectivity index (χ3n) is 8.12. The van der Waals surface area contributed by atoms with Crippen LogP contribution in [0.25, 0.3) is 0 Å². The summed E-state index contributed by atoms with van der Waals surface area (Å²) in [6.45, 7) is 2.98. The van der Waals surface area contributed by atoms with Crippen LogP contribution in [0.1, 0.15) is 69.4 Å². The molecule has 1 saturated heterocycles. The van der Waals surface area contributed by atoms with Crippen LogP contribution >= 0.6 is 0 Å². The maximum atomic E-state index is 12.9. The number of ether oxygens (including phenoxy) is 1. The smallest absolute Gasteiger partial charge is 0.303 e. The fourth-order valence-corrected chi connectivity index (χ4v) is 6.46. The Morgan fingerprint density at radius 2 is 1.89 bits per heavy atom. The molecule has 1 aliphatic heterocycles. The summed E-state index contributed by atoms with van der Waals surface area (Å²) in [4.78, 5) is 27.4. The standard InChI is InChI=1S/C30H40N2O4/c1-23(33)36-30-17-16-26(31-28(35)15-8-4-7-12-24-10-5-3-6-11-24)21-29(30,18-19-32(2)22-30)25-13-9-14-27(34)20-25/h3,5-6,9-11,13-14,20,26,34H,4,7-8,12,15-19,21-22H2,1-2H3,(H,31,35). The van der Waals surface area contributed by atoms with Gasteiger partial charge in [0, 0.05) is 31.3 Å². The summed E-state index contributed by atoms with van der Waals surface area (Å²) < 4.78 is 6.16. The van der Waals surface area contributed by atoms with Crippen LogP contribution < -0.4 is 5.32 Å². The molecule has 2 aromatic rings. The highest BCUT2D eigenvalue weighted by atomic mass is 16.6. The number of carbonyl (C=O) groups excluding carboxylic acids is 2. The predicted molar refractivity (Wildman–Crippen MR) is 141 cm³/mol. The normalized spacial score (nSPS) is 26.1. The van der Waals surface area contributed by atoms with Gasteiger partial charge in [-0.1, -0.05) is 48.9 Å². The summed E-state index contributed by atoms with van der Waals surface area (Å²) in [5.41, 5.74) is 1.18. The van der Waals surface area contributed by atoms with E-state index in [2.05, 4.69) is 41.5 Å². The van der Waals surface area contributed by atoms with Crippen molar-refractivity contribution in [3.05, 3.63) is 65.7 Å². The van der Waals surface area contributed by atoms with Gasteiger partial charge >= 0.3 is 5.97 Å². The minimum atomic E-state index is -0.682. The highest BCUT2D eigenvalue weighted by molar-refractivity contribution is 5.76. The molecule has 1 amide bonds. The van der Waals surface area contributed by atoms with Crippen molar-refractivity contribution in [2.45, 2.75) is 81.8 Å². The molecule has 6 heteroatoms. The lowest BCUT2D eigenvalue weighted by molar-refractivity contribution is -0.185. The number of hydrogen-bond donors (Lipinski definition) is 2. The summed E-state index contributed by atoms with van der Waals surface area (Å²) >= 11 is 0. The number of likely N-dealkylation sites (N-methyl/N-ethyl adjacent to an activating group) is 1. The minimum Gasteiger partial charge on any atom is -0.508 e.